The topological polar surface area (TPSA) is 18.5 Å². The molecule has 4 heteroatoms. The summed E-state index contributed by atoms with van der Waals surface area (Å²) in [5.41, 5.74) is 2.82. The first kappa shape index (κ1) is 14.8. The van der Waals surface area contributed by atoms with Gasteiger partial charge >= 0.3 is 0 Å². The molecule has 1 unspecified atom stereocenters. The standard InChI is InChI=1S/C19H14BIO2/c1-2-19(20,23-21)13-9-10-16-15(11-13)14-7-3-5-12-6-4-8-17(22-16)18(12)14/h2-11H,1,20H2. The summed E-state index contributed by atoms with van der Waals surface area (Å²) >= 11 is 1.93. The molecule has 23 heavy (non-hydrogen) atoms. The van der Waals surface area contributed by atoms with Crippen molar-refractivity contribution >= 4 is 41.6 Å². The van der Waals surface area contributed by atoms with E-state index in [2.05, 4.69) is 36.9 Å². The maximum atomic E-state index is 6.12. The lowest BCUT2D eigenvalue weighted by Crippen LogP contribution is -2.23. The molecule has 1 aliphatic rings. The zero-order valence-electron chi connectivity index (χ0n) is 12.7. The maximum absolute atomic E-state index is 6.12. The molecule has 0 saturated carbocycles. The first-order valence-corrected chi connectivity index (χ1v) is 8.32. The Morgan fingerprint density at radius 1 is 1.04 bits per heavy atom. The molecule has 0 radical (unpaired) electrons. The molecule has 3 aromatic carbocycles. The lowest BCUT2D eigenvalue weighted by molar-refractivity contribution is 0.299. The molecule has 4 rings (SSSR count). The van der Waals surface area contributed by atoms with Crippen LogP contribution in [0.5, 0.6) is 11.5 Å². The molecule has 112 valence electrons. The van der Waals surface area contributed by atoms with E-state index in [1.54, 1.807) is 0 Å². The third-order valence-electron chi connectivity index (χ3n) is 4.48. The van der Waals surface area contributed by atoms with Gasteiger partial charge in [-0.3, -0.25) is 0 Å². The van der Waals surface area contributed by atoms with Crippen molar-refractivity contribution < 1.29 is 7.80 Å². The quantitative estimate of drug-likeness (QED) is 0.270. The van der Waals surface area contributed by atoms with Gasteiger partial charge < -0.3 is 7.80 Å². The molecular weight excluding hydrogens is 398 g/mol. The zero-order chi connectivity index (χ0) is 16.0. The molecule has 1 heterocycles. The molecule has 0 bridgehead atoms. The second-order valence-corrected chi connectivity index (χ2v) is 6.30. The fraction of sp³-hybridized carbons (Fsp3) is 0.0526. The smallest absolute Gasteiger partial charge is 0.155 e. The van der Waals surface area contributed by atoms with E-state index >= 15 is 0 Å². The summed E-state index contributed by atoms with van der Waals surface area (Å²) in [5, 5.41) is 2.35. The minimum atomic E-state index is -0.527. The van der Waals surface area contributed by atoms with Crippen molar-refractivity contribution in [1.82, 2.24) is 0 Å². The van der Waals surface area contributed by atoms with Crippen molar-refractivity contribution in [2.24, 2.45) is 0 Å². The molecule has 3 aromatic rings. The van der Waals surface area contributed by atoms with Crippen molar-refractivity contribution in [3.05, 3.63) is 72.8 Å². The Hall–Kier alpha value is -1.79. The summed E-state index contributed by atoms with van der Waals surface area (Å²) < 4.78 is 11.7. The van der Waals surface area contributed by atoms with E-state index < -0.39 is 5.50 Å². The van der Waals surface area contributed by atoms with Gasteiger partial charge in [-0.1, -0.05) is 42.5 Å². The minimum Gasteiger partial charge on any atom is -0.456 e. The first-order valence-electron chi connectivity index (χ1n) is 7.44. The number of hydrogen-bond donors (Lipinski definition) is 0. The highest BCUT2D eigenvalue weighted by Crippen LogP contribution is 2.47. The number of halogens is 1. The van der Waals surface area contributed by atoms with Crippen LogP contribution in [-0.4, -0.2) is 7.85 Å². The van der Waals surface area contributed by atoms with Crippen molar-refractivity contribution in [3.8, 4) is 22.6 Å². The predicted octanol–water partition coefficient (Wildman–Crippen LogP) is 4.95. The largest absolute Gasteiger partial charge is 0.456 e. The van der Waals surface area contributed by atoms with Crippen LogP contribution in [-0.2, 0) is 8.57 Å². The fourth-order valence-electron chi connectivity index (χ4n) is 3.07. The van der Waals surface area contributed by atoms with Crippen LogP contribution >= 0.6 is 23.0 Å². The molecule has 0 spiro atoms. The van der Waals surface area contributed by atoms with Crippen LogP contribution in [0.25, 0.3) is 21.9 Å². The number of hydrogen-bond acceptors (Lipinski definition) is 2. The maximum Gasteiger partial charge on any atom is 0.155 e. The Kier molecular flexibility index (Phi) is 3.46. The monoisotopic (exact) mass is 412 g/mol. The van der Waals surface area contributed by atoms with Gasteiger partial charge in [0.15, 0.2) is 7.85 Å². The molecule has 1 atom stereocenters. The van der Waals surface area contributed by atoms with E-state index in [0.717, 1.165) is 28.0 Å². The van der Waals surface area contributed by atoms with Crippen molar-refractivity contribution in [2.75, 3.05) is 0 Å². The summed E-state index contributed by atoms with van der Waals surface area (Å²) in [6.45, 7) is 3.91. The van der Waals surface area contributed by atoms with Gasteiger partial charge in [0.1, 0.15) is 34.5 Å². The van der Waals surface area contributed by atoms with E-state index in [4.69, 9.17) is 7.80 Å². The number of fused-ring (bicyclic) bond motifs is 2. The highest BCUT2D eigenvalue weighted by Gasteiger charge is 2.26. The van der Waals surface area contributed by atoms with Gasteiger partial charge in [0.25, 0.3) is 0 Å². The van der Waals surface area contributed by atoms with Gasteiger partial charge in [-0.2, -0.15) is 0 Å². The van der Waals surface area contributed by atoms with Crippen molar-refractivity contribution in [1.29, 1.82) is 0 Å². The van der Waals surface area contributed by atoms with E-state index in [9.17, 15) is 0 Å². The summed E-state index contributed by atoms with van der Waals surface area (Å²) in [4.78, 5) is 0. The van der Waals surface area contributed by atoms with Gasteiger partial charge in [-0.05, 0) is 34.7 Å². The van der Waals surface area contributed by atoms with Gasteiger partial charge in [0, 0.05) is 10.9 Å². The third-order valence-corrected chi connectivity index (χ3v) is 5.39. The number of rotatable bonds is 3. The summed E-state index contributed by atoms with van der Waals surface area (Å²) in [5.74, 6) is 1.79. The molecule has 1 aliphatic heterocycles. The Bertz CT molecular complexity index is 933. The van der Waals surface area contributed by atoms with E-state index in [1.165, 1.54) is 10.9 Å². The van der Waals surface area contributed by atoms with Crippen LogP contribution in [0.15, 0.2) is 67.3 Å². The third kappa shape index (κ3) is 2.20. The summed E-state index contributed by atoms with van der Waals surface area (Å²) in [6.07, 6.45) is 1.82. The Balaban J connectivity index is 2.00. The SMILES string of the molecule is BC(C=C)(OI)c1ccc2c(c1)-c1cccc3cccc(c13)O2. The van der Waals surface area contributed by atoms with Crippen LogP contribution in [0.3, 0.4) is 0 Å². The highest BCUT2D eigenvalue weighted by molar-refractivity contribution is 14.1. The molecular formula is C19H14BIO2. The Morgan fingerprint density at radius 2 is 1.83 bits per heavy atom. The van der Waals surface area contributed by atoms with Crippen LogP contribution in [0.2, 0.25) is 0 Å². The van der Waals surface area contributed by atoms with Crippen LogP contribution in [0, 0.1) is 0 Å². The van der Waals surface area contributed by atoms with Gasteiger partial charge in [0.2, 0.25) is 0 Å². The molecule has 0 amide bonds. The summed E-state index contributed by atoms with van der Waals surface area (Å²) in [7, 11) is 2.01. The van der Waals surface area contributed by atoms with Gasteiger partial charge in [-0.15, -0.1) is 6.58 Å². The van der Waals surface area contributed by atoms with Crippen LogP contribution < -0.4 is 4.74 Å². The fourth-order valence-corrected chi connectivity index (χ4v) is 3.50. The Labute approximate surface area is 150 Å². The normalized spacial score (nSPS) is 14.7. The van der Waals surface area contributed by atoms with E-state index in [0.29, 0.717) is 0 Å². The van der Waals surface area contributed by atoms with Crippen molar-refractivity contribution in [3.63, 3.8) is 0 Å². The molecule has 0 N–H and O–H groups in total. The lowest BCUT2D eigenvalue weighted by atomic mass is 9.75. The Morgan fingerprint density at radius 3 is 2.57 bits per heavy atom. The lowest BCUT2D eigenvalue weighted by Gasteiger charge is -2.27. The predicted molar refractivity (Wildman–Crippen MR) is 105 cm³/mol. The van der Waals surface area contributed by atoms with Gasteiger partial charge in [0.05, 0.1) is 5.50 Å². The second-order valence-electron chi connectivity index (χ2n) is 5.86. The summed E-state index contributed by atoms with van der Waals surface area (Å²) in [6, 6.07) is 18.7. The first-order chi connectivity index (χ1) is 11.2. The second kappa shape index (κ2) is 5.39. The van der Waals surface area contributed by atoms with E-state index in [1.807, 2.05) is 61.2 Å². The molecule has 0 saturated heterocycles. The molecule has 0 aliphatic carbocycles. The molecule has 0 aromatic heterocycles. The van der Waals surface area contributed by atoms with Crippen molar-refractivity contribution in [2.45, 2.75) is 5.50 Å². The molecule has 2 nitrogen and oxygen atoms in total. The highest BCUT2D eigenvalue weighted by atomic mass is 127. The average molecular weight is 412 g/mol. The molecule has 0 fully saturated rings. The van der Waals surface area contributed by atoms with Crippen LogP contribution in [0.1, 0.15) is 5.56 Å². The number of benzene rings is 3. The average Bonchev–Trinajstić information content (AvgIpc) is 2.61. The van der Waals surface area contributed by atoms with E-state index in [-0.39, 0.29) is 0 Å². The number of ether oxygens (including phenoxy) is 1. The van der Waals surface area contributed by atoms with Crippen LogP contribution in [0.4, 0.5) is 0 Å². The minimum absolute atomic E-state index is 0.527. The van der Waals surface area contributed by atoms with Gasteiger partial charge in [-0.25, -0.2) is 0 Å². The zero-order valence-corrected chi connectivity index (χ0v) is 14.8.